The number of rotatable bonds is 5. The van der Waals surface area contributed by atoms with Crippen molar-refractivity contribution in [3.8, 4) is 5.75 Å². The van der Waals surface area contributed by atoms with Gasteiger partial charge in [-0.25, -0.2) is 4.98 Å². The third-order valence-corrected chi connectivity index (χ3v) is 5.56. The van der Waals surface area contributed by atoms with Gasteiger partial charge in [0.2, 0.25) is 11.8 Å². The number of aromatic amines is 1. The van der Waals surface area contributed by atoms with Crippen LogP contribution in [0.5, 0.6) is 5.75 Å². The molecule has 0 saturated carbocycles. The molecule has 4 rings (SSSR count). The molecule has 7 nitrogen and oxygen atoms in total. The van der Waals surface area contributed by atoms with Crippen LogP contribution in [0, 0.1) is 5.92 Å². The molecule has 0 spiro atoms. The van der Waals surface area contributed by atoms with Gasteiger partial charge in [0.05, 0.1) is 31.8 Å². The fraction of sp³-hybridized carbons (Fsp3) is 0.409. The molecular weight excluding hydrogens is 368 g/mol. The van der Waals surface area contributed by atoms with Crippen LogP contribution in [0.1, 0.15) is 13.3 Å². The normalized spacial score (nSPS) is 19.6. The van der Waals surface area contributed by atoms with Gasteiger partial charge in [0.1, 0.15) is 18.8 Å². The minimum absolute atomic E-state index is 0.00466. The molecule has 1 N–H and O–H groups in total. The van der Waals surface area contributed by atoms with Crippen molar-refractivity contribution >= 4 is 23.3 Å². The summed E-state index contributed by atoms with van der Waals surface area (Å²) in [7, 11) is 0. The Labute approximate surface area is 170 Å². The number of nitrogens with one attached hydrogen (secondary N) is 1. The third-order valence-electron chi connectivity index (χ3n) is 5.56. The van der Waals surface area contributed by atoms with E-state index in [-0.39, 0.29) is 24.2 Å². The summed E-state index contributed by atoms with van der Waals surface area (Å²) in [5, 5.41) is 0. The molecule has 1 aromatic heterocycles. The average molecular weight is 395 g/mol. The summed E-state index contributed by atoms with van der Waals surface area (Å²) in [4.78, 5) is 34.6. The molecule has 2 saturated heterocycles. The molecule has 2 aliphatic rings. The number of pyridine rings is 1. The summed E-state index contributed by atoms with van der Waals surface area (Å²) in [5.74, 6) is 1.67. The number of aromatic nitrogens is 1. The summed E-state index contributed by atoms with van der Waals surface area (Å²) in [6, 6.07) is 13.5. The molecule has 2 aliphatic heterocycles. The quantitative estimate of drug-likeness (QED) is 0.771. The lowest BCUT2D eigenvalue weighted by atomic mass is 10.1. The van der Waals surface area contributed by atoms with Gasteiger partial charge in [-0.3, -0.25) is 14.5 Å². The number of hydrogen-bond donors (Lipinski definition) is 0. The molecule has 3 heterocycles. The molecule has 152 valence electrons. The van der Waals surface area contributed by atoms with E-state index < -0.39 is 0 Å². The van der Waals surface area contributed by atoms with Crippen LogP contribution >= 0.6 is 0 Å². The number of carbonyl (C=O) groups is 2. The topological polar surface area (TPSA) is 67.2 Å². The number of hydrogen-bond acceptors (Lipinski definition) is 4. The van der Waals surface area contributed by atoms with Gasteiger partial charge in [-0.15, -0.1) is 0 Å². The van der Waals surface area contributed by atoms with E-state index in [9.17, 15) is 9.59 Å². The minimum Gasteiger partial charge on any atom is -0.494 e. The molecule has 1 atom stereocenters. The summed E-state index contributed by atoms with van der Waals surface area (Å²) in [6.07, 6.45) is 2.19. The Kier molecular flexibility index (Phi) is 5.64. The zero-order chi connectivity index (χ0) is 20.2. The first-order chi connectivity index (χ1) is 14.2. The number of anilines is 2. The SMILES string of the molecule is CCOc1ccc(N2C[C@H](C(=O)N3CCN(c4cccc[nH+]4)CC3)CC2=O)cc1. The van der Waals surface area contributed by atoms with E-state index in [4.69, 9.17) is 4.74 Å². The first-order valence-corrected chi connectivity index (χ1v) is 10.2. The maximum Gasteiger partial charge on any atom is 0.274 e. The van der Waals surface area contributed by atoms with E-state index >= 15 is 0 Å². The second kappa shape index (κ2) is 8.51. The van der Waals surface area contributed by atoms with E-state index in [2.05, 4.69) is 9.88 Å². The number of nitrogens with zero attached hydrogens (tertiary/aromatic N) is 3. The first kappa shape index (κ1) is 19.2. The van der Waals surface area contributed by atoms with Crippen molar-refractivity contribution in [2.75, 3.05) is 49.1 Å². The molecule has 29 heavy (non-hydrogen) atoms. The van der Waals surface area contributed by atoms with Crippen molar-refractivity contribution in [2.24, 2.45) is 5.92 Å². The Morgan fingerprint density at radius 3 is 2.52 bits per heavy atom. The Hall–Kier alpha value is -3.09. The first-order valence-electron chi connectivity index (χ1n) is 10.2. The van der Waals surface area contributed by atoms with Gasteiger partial charge >= 0.3 is 0 Å². The number of ether oxygens (including phenoxy) is 1. The van der Waals surface area contributed by atoms with Crippen LogP contribution in [0.15, 0.2) is 48.7 Å². The van der Waals surface area contributed by atoms with E-state index in [1.807, 2.05) is 60.5 Å². The monoisotopic (exact) mass is 395 g/mol. The smallest absolute Gasteiger partial charge is 0.274 e. The molecule has 0 bridgehead atoms. The van der Waals surface area contributed by atoms with Crippen molar-refractivity contribution in [1.29, 1.82) is 0 Å². The van der Waals surface area contributed by atoms with E-state index in [0.29, 0.717) is 26.2 Å². The molecule has 2 amide bonds. The fourth-order valence-corrected chi connectivity index (χ4v) is 4.02. The summed E-state index contributed by atoms with van der Waals surface area (Å²) >= 11 is 0. The molecule has 7 heteroatoms. The summed E-state index contributed by atoms with van der Waals surface area (Å²) in [6.45, 7) is 5.91. The van der Waals surface area contributed by atoms with Crippen LogP contribution in [0.25, 0.3) is 0 Å². The zero-order valence-corrected chi connectivity index (χ0v) is 16.7. The molecule has 2 aromatic rings. The maximum atomic E-state index is 13.0. The Morgan fingerprint density at radius 1 is 1.10 bits per heavy atom. The highest BCUT2D eigenvalue weighted by Crippen LogP contribution is 2.28. The molecular formula is C22H27N4O3+. The summed E-state index contributed by atoms with van der Waals surface area (Å²) in [5.41, 5.74) is 0.818. The highest BCUT2D eigenvalue weighted by Gasteiger charge is 2.38. The number of amides is 2. The lowest BCUT2D eigenvalue weighted by molar-refractivity contribution is -0.364. The van der Waals surface area contributed by atoms with Gasteiger partial charge in [0, 0.05) is 24.7 Å². The van der Waals surface area contributed by atoms with E-state index in [1.165, 1.54) is 0 Å². The number of benzene rings is 1. The molecule has 0 unspecified atom stereocenters. The highest BCUT2D eigenvalue weighted by molar-refractivity contribution is 6.00. The minimum atomic E-state index is -0.274. The number of carbonyl (C=O) groups excluding carboxylic acids is 2. The largest absolute Gasteiger partial charge is 0.494 e. The molecule has 0 radical (unpaired) electrons. The Morgan fingerprint density at radius 2 is 1.86 bits per heavy atom. The van der Waals surface area contributed by atoms with Crippen LogP contribution < -0.4 is 19.5 Å². The van der Waals surface area contributed by atoms with Gasteiger partial charge in [0.15, 0.2) is 0 Å². The van der Waals surface area contributed by atoms with Crippen molar-refractivity contribution in [3.05, 3.63) is 48.7 Å². The van der Waals surface area contributed by atoms with Gasteiger partial charge in [0.25, 0.3) is 5.82 Å². The lowest BCUT2D eigenvalue weighted by Crippen LogP contribution is -2.51. The second-order valence-corrected chi connectivity index (χ2v) is 7.39. The van der Waals surface area contributed by atoms with Crippen LogP contribution in [-0.2, 0) is 9.59 Å². The average Bonchev–Trinajstić information content (AvgIpc) is 3.16. The van der Waals surface area contributed by atoms with Crippen molar-refractivity contribution in [2.45, 2.75) is 13.3 Å². The Bertz CT molecular complexity index is 848. The van der Waals surface area contributed by atoms with Gasteiger partial charge < -0.3 is 14.5 Å². The van der Waals surface area contributed by atoms with Crippen LogP contribution in [0.3, 0.4) is 0 Å². The van der Waals surface area contributed by atoms with Gasteiger partial charge in [-0.2, -0.15) is 0 Å². The number of H-pyrrole nitrogens is 1. The molecule has 2 fully saturated rings. The van der Waals surface area contributed by atoms with Crippen molar-refractivity contribution in [1.82, 2.24) is 4.90 Å². The van der Waals surface area contributed by atoms with E-state index in [0.717, 1.165) is 30.3 Å². The lowest BCUT2D eigenvalue weighted by Gasteiger charge is -2.32. The predicted octanol–water partition coefficient (Wildman–Crippen LogP) is 1.60. The maximum absolute atomic E-state index is 13.0. The van der Waals surface area contributed by atoms with Crippen LogP contribution in [0.4, 0.5) is 11.5 Å². The second-order valence-electron chi connectivity index (χ2n) is 7.39. The standard InChI is InChI=1S/C22H26N4O3/c1-2-29-19-8-6-18(7-9-19)26-16-17(15-21(26)27)22(28)25-13-11-24(12-14-25)20-5-3-4-10-23-20/h3-10,17H,2,11-16H2,1H3/p+1/t17-/m1/s1. The number of piperazine rings is 1. The van der Waals surface area contributed by atoms with Crippen LogP contribution in [-0.4, -0.2) is 56.0 Å². The summed E-state index contributed by atoms with van der Waals surface area (Å²) < 4.78 is 5.46. The van der Waals surface area contributed by atoms with E-state index in [1.54, 1.807) is 4.90 Å². The van der Waals surface area contributed by atoms with Crippen LogP contribution in [0.2, 0.25) is 0 Å². The zero-order valence-electron chi connectivity index (χ0n) is 16.7. The van der Waals surface area contributed by atoms with Gasteiger partial charge in [-0.05, 0) is 37.3 Å². The fourth-order valence-electron chi connectivity index (χ4n) is 4.02. The predicted molar refractivity (Wildman–Crippen MR) is 110 cm³/mol. The third kappa shape index (κ3) is 4.18. The van der Waals surface area contributed by atoms with Crippen molar-refractivity contribution in [3.63, 3.8) is 0 Å². The Balaban J connectivity index is 1.35. The van der Waals surface area contributed by atoms with Crippen molar-refractivity contribution < 1.29 is 19.3 Å². The molecule has 1 aromatic carbocycles. The molecule has 0 aliphatic carbocycles. The van der Waals surface area contributed by atoms with Gasteiger partial charge in [-0.1, -0.05) is 6.07 Å². The highest BCUT2D eigenvalue weighted by atomic mass is 16.5.